The predicted octanol–water partition coefficient (Wildman–Crippen LogP) is 4.79. The first kappa shape index (κ1) is 14.4. The Labute approximate surface area is 127 Å². The quantitative estimate of drug-likeness (QED) is 0.841. The van der Waals surface area contributed by atoms with Crippen molar-refractivity contribution in [3.8, 4) is 0 Å². The Hall–Kier alpha value is -1.97. The van der Waals surface area contributed by atoms with Crippen LogP contribution in [-0.2, 0) is 0 Å². The first-order valence-electron chi connectivity index (χ1n) is 5.89. The van der Waals surface area contributed by atoms with Crippen molar-refractivity contribution >= 4 is 41.0 Å². The molecule has 0 radical (unpaired) electrons. The van der Waals surface area contributed by atoms with Gasteiger partial charge < -0.3 is 10.6 Å². The zero-order valence-electron chi connectivity index (χ0n) is 10.4. The number of carbonyl (C=O) groups is 1. The molecule has 3 nitrogen and oxygen atoms in total. The van der Waals surface area contributed by atoms with Crippen molar-refractivity contribution in [2.24, 2.45) is 0 Å². The van der Waals surface area contributed by atoms with Crippen LogP contribution in [0, 0.1) is 0 Å². The average molecular weight is 307 g/mol. The van der Waals surface area contributed by atoms with Gasteiger partial charge in [-0.15, -0.1) is 0 Å². The number of halogens is 2. The van der Waals surface area contributed by atoms with Crippen LogP contribution in [0.4, 0.5) is 10.5 Å². The van der Waals surface area contributed by atoms with Crippen molar-refractivity contribution in [1.29, 1.82) is 0 Å². The Morgan fingerprint density at radius 2 is 1.70 bits per heavy atom. The Bertz CT molecular complexity index is 641. The predicted molar refractivity (Wildman–Crippen MR) is 84.1 cm³/mol. The highest BCUT2D eigenvalue weighted by Gasteiger charge is 1.99. The van der Waals surface area contributed by atoms with Crippen molar-refractivity contribution in [3.63, 3.8) is 0 Å². The van der Waals surface area contributed by atoms with Gasteiger partial charge in [0.05, 0.1) is 0 Å². The lowest BCUT2D eigenvalue weighted by atomic mass is 10.2. The summed E-state index contributed by atoms with van der Waals surface area (Å²) in [6.07, 6.45) is 3.30. The van der Waals surface area contributed by atoms with Crippen molar-refractivity contribution < 1.29 is 4.79 Å². The van der Waals surface area contributed by atoms with Crippen molar-refractivity contribution in [3.05, 3.63) is 70.3 Å². The number of urea groups is 1. The van der Waals surface area contributed by atoms with Gasteiger partial charge in [-0.3, -0.25) is 0 Å². The molecule has 0 heterocycles. The molecule has 2 aromatic rings. The standard InChI is InChI=1S/C15H12Cl2N2O/c16-12-4-1-3-11(9-12)7-8-18-15(20)19-14-6-2-5-13(17)10-14/h1-10H,(H2,18,19,20)/b8-7+. The summed E-state index contributed by atoms with van der Waals surface area (Å²) in [5.41, 5.74) is 1.53. The molecular weight excluding hydrogens is 295 g/mol. The fourth-order valence-electron chi connectivity index (χ4n) is 1.56. The van der Waals surface area contributed by atoms with Crippen molar-refractivity contribution in [2.45, 2.75) is 0 Å². The Morgan fingerprint density at radius 3 is 2.40 bits per heavy atom. The van der Waals surface area contributed by atoms with Gasteiger partial charge in [0.1, 0.15) is 0 Å². The molecule has 0 aliphatic heterocycles. The van der Waals surface area contributed by atoms with Gasteiger partial charge in [-0.2, -0.15) is 0 Å². The van der Waals surface area contributed by atoms with Crippen LogP contribution < -0.4 is 10.6 Å². The molecule has 0 atom stereocenters. The molecule has 0 aliphatic rings. The molecule has 2 amide bonds. The number of amides is 2. The number of benzene rings is 2. The van der Waals surface area contributed by atoms with E-state index in [1.54, 1.807) is 48.7 Å². The minimum Gasteiger partial charge on any atom is -0.314 e. The minimum absolute atomic E-state index is 0.342. The highest BCUT2D eigenvalue weighted by atomic mass is 35.5. The molecular formula is C15H12Cl2N2O. The molecule has 0 unspecified atom stereocenters. The molecule has 0 saturated heterocycles. The van der Waals surface area contributed by atoms with Crippen LogP contribution in [0.25, 0.3) is 6.08 Å². The van der Waals surface area contributed by atoms with E-state index in [-0.39, 0.29) is 6.03 Å². The van der Waals surface area contributed by atoms with Crippen LogP contribution in [0.5, 0.6) is 0 Å². The summed E-state index contributed by atoms with van der Waals surface area (Å²) in [6.45, 7) is 0. The first-order chi connectivity index (χ1) is 9.63. The molecule has 0 fully saturated rings. The summed E-state index contributed by atoms with van der Waals surface area (Å²) < 4.78 is 0. The fraction of sp³-hybridized carbons (Fsp3) is 0. The lowest BCUT2D eigenvalue weighted by Gasteiger charge is -2.04. The second-order valence-electron chi connectivity index (χ2n) is 4.00. The number of rotatable bonds is 3. The molecule has 0 aliphatic carbocycles. The number of hydrogen-bond acceptors (Lipinski definition) is 1. The zero-order chi connectivity index (χ0) is 14.4. The summed E-state index contributed by atoms with van der Waals surface area (Å²) in [6, 6.07) is 13.9. The van der Waals surface area contributed by atoms with E-state index in [1.807, 2.05) is 12.1 Å². The number of carbonyl (C=O) groups excluding carboxylic acids is 1. The highest BCUT2D eigenvalue weighted by Crippen LogP contribution is 2.14. The Balaban J connectivity index is 1.89. The Morgan fingerprint density at radius 1 is 1.00 bits per heavy atom. The van der Waals surface area contributed by atoms with Crippen LogP contribution in [0.2, 0.25) is 10.0 Å². The van der Waals surface area contributed by atoms with Crippen LogP contribution in [0.3, 0.4) is 0 Å². The first-order valence-corrected chi connectivity index (χ1v) is 6.64. The topological polar surface area (TPSA) is 41.1 Å². The third-order valence-electron chi connectivity index (χ3n) is 2.42. The van der Waals surface area contributed by atoms with Crippen LogP contribution >= 0.6 is 23.2 Å². The number of anilines is 1. The van der Waals surface area contributed by atoms with Crippen LogP contribution in [-0.4, -0.2) is 6.03 Å². The molecule has 0 aromatic heterocycles. The van der Waals surface area contributed by atoms with E-state index in [9.17, 15) is 4.79 Å². The van der Waals surface area contributed by atoms with E-state index in [2.05, 4.69) is 10.6 Å². The monoisotopic (exact) mass is 306 g/mol. The molecule has 2 N–H and O–H groups in total. The van der Waals surface area contributed by atoms with Gasteiger partial charge in [0.25, 0.3) is 0 Å². The smallest absolute Gasteiger partial charge is 0.314 e. The lowest BCUT2D eigenvalue weighted by Crippen LogP contribution is -2.23. The molecule has 20 heavy (non-hydrogen) atoms. The van der Waals surface area contributed by atoms with Crippen molar-refractivity contribution in [1.82, 2.24) is 5.32 Å². The van der Waals surface area contributed by atoms with Gasteiger partial charge >= 0.3 is 6.03 Å². The lowest BCUT2D eigenvalue weighted by molar-refractivity contribution is 0.255. The van der Waals surface area contributed by atoms with E-state index in [4.69, 9.17) is 23.2 Å². The summed E-state index contributed by atoms with van der Waals surface area (Å²) in [7, 11) is 0. The summed E-state index contributed by atoms with van der Waals surface area (Å²) in [5.74, 6) is 0. The summed E-state index contributed by atoms with van der Waals surface area (Å²) >= 11 is 11.7. The van der Waals surface area contributed by atoms with Gasteiger partial charge in [-0.1, -0.05) is 41.4 Å². The van der Waals surface area contributed by atoms with Gasteiger partial charge in [0.15, 0.2) is 0 Å². The average Bonchev–Trinajstić information content (AvgIpc) is 2.38. The molecule has 0 saturated carbocycles. The SMILES string of the molecule is O=C(N/C=C/c1cccc(Cl)c1)Nc1cccc(Cl)c1. The van der Waals surface area contributed by atoms with E-state index < -0.39 is 0 Å². The van der Waals surface area contributed by atoms with Crippen LogP contribution in [0.1, 0.15) is 5.56 Å². The molecule has 2 aromatic carbocycles. The maximum absolute atomic E-state index is 11.6. The maximum Gasteiger partial charge on any atom is 0.323 e. The highest BCUT2D eigenvalue weighted by molar-refractivity contribution is 6.31. The summed E-state index contributed by atoms with van der Waals surface area (Å²) in [4.78, 5) is 11.6. The second kappa shape index (κ2) is 6.98. The van der Waals surface area contributed by atoms with Crippen LogP contribution in [0.15, 0.2) is 54.7 Å². The number of nitrogens with one attached hydrogen (secondary N) is 2. The summed E-state index contributed by atoms with van der Waals surface area (Å²) in [5, 5.41) is 6.49. The normalized spacial score (nSPS) is 10.5. The van der Waals surface area contributed by atoms with E-state index in [0.717, 1.165) is 5.56 Å². The minimum atomic E-state index is -0.342. The Kier molecular flexibility index (Phi) is 5.04. The van der Waals surface area contributed by atoms with E-state index in [1.165, 1.54) is 0 Å². The molecule has 2 rings (SSSR count). The molecule has 102 valence electrons. The van der Waals surface area contributed by atoms with Gasteiger partial charge in [-0.25, -0.2) is 4.79 Å². The van der Waals surface area contributed by atoms with E-state index >= 15 is 0 Å². The van der Waals surface area contributed by atoms with E-state index in [0.29, 0.717) is 15.7 Å². The van der Waals surface area contributed by atoms with Gasteiger partial charge in [0.2, 0.25) is 0 Å². The second-order valence-corrected chi connectivity index (χ2v) is 4.87. The maximum atomic E-state index is 11.6. The largest absolute Gasteiger partial charge is 0.323 e. The third-order valence-corrected chi connectivity index (χ3v) is 2.89. The third kappa shape index (κ3) is 4.61. The van der Waals surface area contributed by atoms with Crippen molar-refractivity contribution in [2.75, 3.05) is 5.32 Å². The fourth-order valence-corrected chi connectivity index (χ4v) is 1.95. The molecule has 5 heteroatoms. The molecule has 0 bridgehead atoms. The zero-order valence-corrected chi connectivity index (χ0v) is 11.9. The number of hydrogen-bond donors (Lipinski definition) is 2. The molecule has 0 spiro atoms. The van der Waals surface area contributed by atoms with Gasteiger partial charge in [-0.05, 0) is 42.0 Å². The van der Waals surface area contributed by atoms with Gasteiger partial charge in [0, 0.05) is 21.9 Å².